The molecule has 1 fully saturated rings. The topological polar surface area (TPSA) is 75.0 Å². The molecule has 55 heavy (non-hydrogen) atoms. The van der Waals surface area contributed by atoms with Gasteiger partial charge >= 0.3 is 0 Å². The first-order valence-electron chi connectivity index (χ1n) is 17.6. The van der Waals surface area contributed by atoms with Crippen LogP contribution in [0.2, 0.25) is 0 Å². The summed E-state index contributed by atoms with van der Waals surface area (Å²) in [5.74, 6) is -0.619. The average molecular weight is 780 g/mol. The number of nitrogens with zero attached hydrogens (tertiary/aromatic N) is 3. The van der Waals surface area contributed by atoms with Crippen molar-refractivity contribution in [2.24, 2.45) is 0 Å². The van der Waals surface area contributed by atoms with Gasteiger partial charge in [0.2, 0.25) is 5.88 Å². The minimum atomic E-state index is -0.474. The number of carbonyl (C=O) groups is 1. The number of amides is 1. The molecular formula is C45H37N3O4S3. The Labute approximate surface area is 333 Å². The Morgan fingerprint density at radius 2 is 1.35 bits per heavy atom. The van der Waals surface area contributed by atoms with Gasteiger partial charge in [0.15, 0.2) is 0 Å². The third-order valence-corrected chi connectivity index (χ3v) is 12.0. The lowest BCUT2D eigenvalue weighted by Crippen LogP contribution is -2.33. The number of hydrogen-bond acceptors (Lipinski definition) is 8. The van der Waals surface area contributed by atoms with Crippen LogP contribution in [-0.2, 0) is 9.68 Å². The van der Waals surface area contributed by atoms with Gasteiger partial charge in [-0.25, -0.2) is 9.82 Å². The molecule has 0 radical (unpaired) electrons. The first-order valence-corrected chi connectivity index (χ1v) is 19.6. The number of aromatic nitrogens is 1. The fourth-order valence-electron chi connectivity index (χ4n) is 6.53. The molecular weight excluding hydrogens is 743 g/mol. The van der Waals surface area contributed by atoms with Gasteiger partial charge in [0.05, 0.1) is 4.53 Å². The third kappa shape index (κ3) is 7.63. The summed E-state index contributed by atoms with van der Waals surface area (Å²) in [5.41, 5.74) is 10.2. The highest BCUT2D eigenvalue weighted by molar-refractivity contribution is 8.30. The highest BCUT2D eigenvalue weighted by Gasteiger charge is 2.33. The Balaban J connectivity index is 1.27. The molecule has 1 aromatic heterocycles. The number of thioether (sulfide) groups is 1. The molecule has 0 aliphatic carbocycles. The van der Waals surface area contributed by atoms with Crippen molar-refractivity contribution in [1.29, 1.82) is 0 Å². The molecule has 7 rings (SSSR count). The van der Waals surface area contributed by atoms with Crippen molar-refractivity contribution in [3.63, 3.8) is 0 Å². The van der Waals surface area contributed by atoms with Crippen molar-refractivity contribution >= 4 is 90.6 Å². The van der Waals surface area contributed by atoms with Crippen LogP contribution in [0.1, 0.15) is 41.7 Å². The predicted octanol–water partition coefficient (Wildman–Crippen LogP) is 9.40. The molecule has 274 valence electrons. The van der Waals surface area contributed by atoms with Gasteiger partial charge in [-0.15, -0.1) is 11.3 Å². The lowest BCUT2D eigenvalue weighted by atomic mass is 9.90. The summed E-state index contributed by atoms with van der Waals surface area (Å²) in [4.78, 5) is 35.1. The summed E-state index contributed by atoms with van der Waals surface area (Å²) in [5, 5.41) is 9.43. The number of carbonyl (C=O) groups excluding carboxylic acids is 1. The zero-order valence-corrected chi connectivity index (χ0v) is 32.9. The highest BCUT2D eigenvalue weighted by atomic mass is 32.2. The van der Waals surface area contributed by atoms with Crippen molar-refractivity contribution < 1.29 is 14.9 Å². The second kappa shape index (κ2) is 16.3. The fourth-order valence-corrected chi connectivity index (χ4v) is 9.15. The van der Waals surface area contributed by atoms with E-state index < -0.39 is 5.56 Å². The maximum atomic E-state index is 13.6. The Morgan fingerprint density at radius 1 is 0.800 bits per heavy atom. The molecule has 5 aromatic carbocycles. The van der Waals surface area contributed by atoms with Gasteiger partial charge in [0, 0.05) is 23.6 Å². The van der Waals surface area contributed by atoms with E-state index in [-0.39, 0.29) is 16.7 Å². The third-order valence-electron chi connectivity index (χ3n) is 9.34. The lowest BCUT2D eigenvalue weighted by molar-refractivity contribution is -0.176. The second-order valence-electron chi connectivity index (χ2n) is 12.8. The van der Waals surface area contributed by atoms with Gasteiger partial charge in [-0.3, -0.25) is 14.5 Å². The van der Waals surface area contributed by atoms with E-state index in [1.807, 2.05) is 55.5 Å². The SMILES string of the molecule is C=C(OO)n1c(=O)/c(=C/c2ccc(N(c3ccccc3)c3ccc(/C(C)=C(/c4ccccc4)c4ccc(C)cc4)cc3)cc2)s/c1=C1/SC(=S)N(CC)C1=O. The number of rotatable bonds is 10. The van der Waals surface area contributed by atoms with Gasteiger partial charge in [-0.05, 0) is 103 Å². The maximum Gasteiger partial charge on any atom is 0.276 e. The summed E-state index contributed by atoms with van der Waals surface area (Å²) in [6.45, 7) is 10.2. The molecule has 6 aromatic rings. The number of thiazole rings is 1. The molecule has 1 N–H and O–H groups in total. The van der Waals surface area contributed by atoms with Crippen LogP contribution >= 0.6 is 35.3 Å². The molecule has 1 saturated heterocycles. The molecule has 7 nitrogen and oxygen atoms in total. The van der Waals surface area contributed by atoms with E-state index >= 15 is 0 Å². The number of aryl methyl sites for hydroxylation is 1. The van der Waals surface area contributed by atoms with Crippen LogP contribution < -0.4 is 19.7 Å². The van der Waals surface area contributed by atoms with Gasteiger partial charge in [0.1, 0.15) is 13.9 Å². The van der Waals surface area contributed by atoms with Gasteiger partial charge in [0.25, 0.3) is 11.5 Å². The molecule has 10 heteroatoms. The molecule has 0 unspecified atom stereocenters. The lowest BCUT2D eigenvalue weighted by Gasteiger charge is -2.26. The number of benzene rings is 5. The quantitative estimate of drug-likeness (QED) is 0.0489. The molecule has 1 aliphatic rings. The summed E-state index contributed by atoms with van der Waals surface area (Å²) in [6, 6.07) is 45.9. The van der Waals surface area contributed by atoms with E-state index in [2.05, 4.69) is 115 Å². The highest BCUT2D eigenvalue weighted by Crippen LogP contribution is 2.37. The minimum absolute atomic E-state index is 0.281. The van der Waals surface area contributed by atoms with E-state index in [0.717, 1.165) is 61.4 Å². The molecule has 2 heterocycles. The minimum Gasteiger partial charge on any atom is -0.322 e. The smallest absolute Gasteiger partial charge is 0.276 e. The summed E-state index contributed by atoms with van der Waals surface area (Å²) in [6.07, 6.45) is 1.75. The Kier molecular flexibility index (Phi) is 11.1. The largest absolute Gasteiger partial charge is 0.322 e. The Hall–Kier alpha value is -5.78. The molecule has 1 amide bonds. The van der Waals surface area contributed by atoms with Crippen LogP contribution in [0.5, 0.6) is 0 Å². The van der Waals surface area contributed by atoms with Crippen LogP contribution in [0.3, 0.4) is 0 Å². The summed E-state index contributed by atoms with van der Waals surface area (Å²) >= 11 is 7.61. The molecule has 0 atom stereocenters. The number of para-hydroxylation sites is 1. The van der Waals surface area contributed by atoms with Crippen molar-refractivity contribution in [3.8, 4) is 0 Å². The Morgan fingerprint density at radius 3 is 1.93 bits per heavy atom. The van der Waals surface area contributed by atoms with Crippen molar-refractivity contribution in [3.05, 3.63) is 187 Å². The van der Waals surface area contributed by atoms with E-state index in [1.165, 1.54) is 27.2 Å². The Bertz CT molecular complexity index is 2610. The first kappa shape index (κ1) is 37.5. The molecule has 0 spiro atoms. The van der Waals surface area contributed by atoms with Crippen molar-refractivity contribution in [1.82, 2.24) is 9.47 Å². The number of hydrogen-bond donors (Lipinski definition) is 1. The van der Waals surface area contributed by atoms with Crippen LogP contribution in [0.25, 0.3) is 28.0 Å². The van der Waals surface area contributed by atoms with E-state index in [1.54, 1.807) is 6.08 Å². The maximum absolute atomic E-state index is 13.6. The molecule has 0 bridgehead atoms. The second-order valence-corrected chi connectivity index (χ2v) is 15.5. The molecule has 0 saturated carbocycles. The monoisotopic (exact) mass is 779 g/mol. The number of allylic oxidation sites excluding steroid dienone is 1. The van der Waals surface area contributed by atoms with Gasteiger partial charge in [-0.2, -0.15) is 0 Å². The fraction of sp³-hybridized carbons (Fsp3) is 0.0889. The van der Waals surface area contributed by atoms with Crippen molar-refractivity contribution in [2.45, 2.75) is 20.8 Å². The van der Waals surface area contributed by atoms with Crippen LogP contribution in [0.4, 0.5) is 17.1 Å². The average Bonchev–Trinajstić information content (AvgIpc) is 3.69. The van der Waals surface area contributed by atoms with E-state index in [4.69, 9.17) is 12.2 Å². The standard InChI is InChI=1S/C45H37N3O4S3/c1-5-46-43(50)41(55-45(46)53)44-47(31(4)52-51)42(49)39(54-44)28-32-18-24-37(25-19-32)48(36-14-10-7-11-15-36)38-26-22-33(23-27-38)30(3)40(34-12-8-6-9-13-34)35-20-16-29(2)17-21-35/h6-28,51H,4-5H2,1-3H3/b39-28-,40-30-,44-41+. The van der Waals surface area contributed by atoms with Gasteiger partial charge in [-0.1, -0.05) is 127 Å². The van der Waals surface area contributed by atoms with Crippen LogP contribution in [0.15, 0.2) is 145 Å². The van der Waals surface area contributed by atoms with E-state index in [0.29, 0.717) is 20.1 Å². The zero-order chi connectivity index (χ0) is 38.6. The summed E-state index contributed by atoms with van der Waals surface area (Å²) in [7, 11) is 0. The van der Waals surface area contributed by atoms with Gasteiger partial charge < -0.3 is 9.79 Å². The normalized spacial score (nSPS) is 14.6. The van der Waals surface area contributed by atoms with Crippen molar-refractivity contribution in [2.75, 3.05) is 11.4 Å². The zero-order valence-electron chi connectivity index (χ0n) is 30.4. The summed E-state index contributed by atoms with van der Waals surface area (Å²) < 4.78 is 2.13. The predicted molar refractivity (Wildman–Crippen MR) is 232 cm³/mol. The van der Waals surface area contributed by atoms with E-state index in [9.17, 15) is 14.8 Å². The number of anilines is 3. The first-order chi connectivity index (χ1) is 26.7. The van der Waals surface area contributed by atoms with Crippen LogP contribution in [0, 0.1) is 6.92 Å². The van der Waals surface area contributed by atoms with Crippen LogP contribution in [-0.4, -0.2) is 31.5 Å². The molecule has 1 aliphatic heterocycles. The number of thiocarbonyl (C=S) groups is 1.